The molecule has 0 heterocycles. The van der Waals surface area contributed by atoms with Crippen molar-refractivity contribution in [3.05, 3.63) is 11.8 Å². The van der Waals surface area contributed by atoms with E-state index in [0.29, 0.717) is 5.57 Å². The SMILES string of the molecule is N=NNC(=N)/C(=C/N)CN. The van der Waals surface area contributed by atoms with Crippen molar-refractivity contribution < 1.29 is 0 Å². The lowest BCUT2D eigenvalue weighted by molar-refractivity contribution is 0.855. The summed E-state index contributed by atoms with van der Waals surface area (Å²) in [5.74, 6) is -0.0417. The van der Waals surface area contributed by atoms with Crippen molar-refractivity contribution in [1.29, 1.82) is 10.9 Å². The van der Waals surface area contributed by atoms with E-state index in [2.05, 4.69) is 10.6 Å². The first-order valence-corrected chi connectivity index (χ1v) is 2.58. The largest absolute Gasteiger partial charge is 0.404 e. The van der Waals surface area contributed by atoms with Gasteiger partial charge in [0.1, 0.15) is 5.84 Å². The van der Waals surface area contributed by atoms with Gasteiger partial charge in [-0.3, -0.25) is 5.41 Å². The topological polar surface area (TPSA) is 124 Å². The van der Waals surface area contributed by atoms with E-state index in [1.807, 2.05) is 0 Å². The predicted molar refractivity (Wildman–Crippen MR) is 37.3 cm³/mol. The van der Waals surface area contributed by atoms with Gasteiger partial charge in [0.05, 0.1) is 0 Å². The summed E-state index contributed by atoms with van der Waals surface area (Å²) in [6, 6.07) is 0. The minimum absolute atomic E-state index is 0.0417. The molecular weight excluding hydrogens is 132 g/mol. The zero-order valence-corrected chi connectivity index (χ0v) is 5.39. The Hall–Kier alpha value is -1.43. The molecule has 0 aliphatic rings. The molecule has 56 valence electrons. The third-order valence-corrected chi connectivity index (χ3v) is 0.910. The van der Waals surface area contributed by atoms with E-state index in [1.54, 1.807) is 0 Å². The molecule has 0 rings (SSSR count). The van der Waals surface area contributed by atoms with Gasteiger partial charge < -0.3 is 11.5 Å². The number of hydrogen-bond acceptors (Lipinski definition) is 5. The van der Waals surface area contributed by atoms with Crippen LogP contribution in [0.15, 0.2) is 17.0 Å². The van der Waals surface area contributed by atoms with Crippen LogP contribution in [0.25, 0.3) is 0 Å². The summed E-state index contributed by atoms with van der Waals surface area (Å²) in [6.45, 7) is 0.165. The first kappa shape index (κ1) is 8.57. The van der Waals surface area contributed by atoms with Gasteiger partial charge in [-0.1, -0.05) is 5.22 Å². The van der Waals surface area contributed by atoms with Crippen LogP contribution in [-0.2, 0) is 0 Å². The van der Waals surface area contributed by atoms with Crippen molar-refractivity contribution in [3.8, 4) is 0 Å². The second-order valence-electron chi connectivity index (χ2n) is 1.49. The quantitative estimate of drug-likeness (QED) is 0.155. The number of nitrogens with one attached hydrogen (secondary N) is 3. The van der Waals surface area contributed by atoms with Crippen LogP contribution in [-0.4, -0.2) is 12.4 Å². The summed E-state index contributed by atoms with van der Waals surface area (Å²) in [4.78, 5) is 0. The first-order chi connectivity index (χ1) is 4.76. The third-order valence-electron chi connectivity index (χ3n) is 0.910. The van der Waals surface area contributed by atoms with Crippen LogP contribution in [0.1, 0.15) is 0 Å². The van der Waals surface area contributed by atoms with Gasteiger partial charge in [-0.2, -0.15) is 5.53 Å². The lowest BCUT2D eigenvalue weighted by Crippen LogP contribution is -2.23. The maximum absolute atomic E-state index is 7.09. The minimum atomic E-state index is -0.0417. The molecule has 6 nitrogen and oxygen atoms in total. The summed E-state index contributed by atoms with van der Waals surface area (Å²) in [5, 5.41) is 9.87. The molecule has 10 heavy (non-hydrogen) atoms. The molecule has 0 radical (unpaired) electrons. The highest BCUT2D eigenvalue weighted by Gasteiger charge is 1.99. The highest BCUT2D eigenvalue weighted by Crippen LogP contribution is 1.87. The van der Waals surface area contributed by atoms with E-state index >= 15 is 0 Å². The maximum atomic E-state index is 7.09. The van der Waals surface area contributed by atoms with Crippen molar-refractivity contribution >= 4 is 5.84 Å². The molecule has 0 aromatic rings. The van der Waals surface area contributed by atoms with Crippen molar-refractivity contribution in [2.75, 3.05) is 6.54 Å². The number of rotatable bonds is 3. The van der Waals surface area contributed by atoms with E-state index in [4.69, 9.17) is 22.4 Å². The molecule has 0 aliphatic carbocycles. The Balaban J connectivity index is 4.03. The van der Waals surface area contributed by atoms with Crippen LogP contribution in [0.3, 0.4) is 0 Å². The lowest BCUT2D eigenvalue weighted by atomic mass is 10.3. The van der Waals surface area contributed by atoms with E-state index in [0.717, 1.165) is 0 Å². The zero-order chi connectivity index (χ0) is 7.98. The summed E-state index contributed by atoms with van der Waals surface area (Å²) >= 11 is 0. The molecule has 6 heteroatoms. The van der Waals surface area contributed by atoms with Gasteiger partial charge in [0, 0.05) is 18.3 Å². The molecule has 0 aromatic heterocycles. The molecule has 0 aliphatic heterocycles. The van der Waals surface area contributed by atoms with E-state index < -0.39 is 0 Å². The molecule has 0 atom stereocenters. The summed E-state index contributed by atoms with van der Waals surface area (Å²) in [6.07, 6.45) is 1.21. The van der Waals surface area contributed by atoms with E-state index in [9.17, 15) is 0 Å². The van der Waals surface area contributed by atoms with Gasteiger partial charge >= 0.3 is 0 Å². The summed E-state index contributed by atoms with van der Waals surface area (Å²) in [5.41, 5.74) is 19.1. The van der Waals surface area contributed by atoms with Gasteiger partial charge in [0.2, 0.25) is 0 Å². The molecule has 7 N–H and O–H groups in total. The monoisotopic (exact) mass is 142 g/mol. The second-order valence-corrected chi connectivity index (χ2v) is 1.49. The second kappa shape index (κ2) is 4.45. The van der Waals surface area contributed by atoms with Gasteiger partial charge in [-0.05, 0) is 0 Å². The van der Waals surface area contributed by atoms with E-state index in [-0.39, 0.29) is 12.4 Å². The zero-order valence-electron chi connectivity index (χ0n) is 5.39. The Bertz CT molecular complexity index is 159. The van der Waals surface area contributed by atoms with Crippen molar-refractivity contribution in [2.45, 2.75) is 0 Å². The minimum Gasteiger partial charge on any atom is -0.404 e. The molecule has 0 unspecified atom stereocenters. The fourth-order valence-corrected chi connectivity index (χ4v) is 0.381. The molecule has 0 bridgehead atoms. The molecule has 0 amide bonds. The van der Waals surface area contributed by atoms with Crippen molar-refractivity contribution in [1.82, 2.24) is 5.43 Å². The average Bonchev–Trinajstić information content (AvgIpc) is 1.91. The lowest BCUT2D eigenvalue weighted by Gasteiger charge is -2.01. The highest BCUT2D eigenvalue weighted by atomic mass is 15.4. The Morgan fingerprint density at radius 2 is 2.30 bits per heavy atom. The fourth-order valence-electron chi connectivity index (χ4n) is 0.381. The summed E-state index contributed by atoms with van der Waals surface area (Å²) in [7, 11) is 0. The maximum Gasteiger partial charge on any atom is 0.145 e. The number of nitrogens with zero attached hydrogens (tertiary/aromatic N) is 1. The van der Waals surface area contributed by atoms with Gasteiger partial charge in [-0.25, -0.2) is 5.43 Å². The van der Waals surface area contributed by atoms with Crippen molar-refractivity contribution in [3.63, 3.8) is 0 Å². The predicted octanol–water partition coefficient (Wildman–Crippen LogP) is -0.699. The van der Waals surface area contributed by atoms with Gasteiger partial charge in [-0.15, -0.1) is 0 Å². The number of hydrogen-bond donors (Lipinski definition) is 5. The first-order valence-electron chi connectivity index (χ1n) is 2.58. The fraction of sp³-hybridized carbons (Fsp3) is 0.250. The molecule has 0 saturated heterocycles. The Morgan fingerprint density at radius 1 is 1.70 bits per heavy atom. The van der Waals surface area contributed by atoms with Crippen LogP contribution in [0.5, 0.6) is 0 Å². The summed E-state index contributed by atoms with van der Waals surface area (Å²) < 4.78 is 0. The van der Waals surface area contributed by atoms with E-state index in [1.165, 1.54) is 6.20 Å². The third kappa shape index (κ3) is 2.23. The Kier molecular flexibility index (Phi) is 3.81. The Morgan fingerprint density at radius 3 is 2.60 bits per heavy atom. The number of amidine groups is 1. The molecule has 0 saturated carbocycles. The Labute approximate surface area is 58.3 Å². The van der Waals surface area contributed by atoms with Crippen LogP contribution in [0, 0.1) is 10.9 Å². The molecular formula is C4H10N6. The van der Waals surface area contributed by atoms with Crippen LogP contribution in [0.2, 0.25) is 0 Å². The van der Waals surface area contributed by atoms with Crippen LogP contribution < -0.4 is 16.9 Å². The smallest absolute Gasteiger partial charge is 0.145 e. The van der Waals surface area contributed by atoms with Gasteiger partial charge in [0.15, 0.2) is 0 Å². The van der Waals surface area contributed by atoms with Gasteiger partial charge in [0.25, 0.3) is 0 Å². The number of nitrogens with two attached hydrogens (primary N) is 2. The molecule has 0 aromatic carbocycles. The standard InChI is InChI=1S/C4H10N6/c5-1-3(2-6)4(7)9-10-8/h1H,2,5-6H2,(H3,7,8,9)/b3-1+. The average molecular weight is 142 g/mol. The normalized spacial score (nSPS) is 10.7. The van der Waals surface area contributed by atoms with Crippen molar-refractivity contribution in [2.24, 2.45) is 16.7 Å². The molecule has 0 spiro atoms. The van der Waals surface area contributed by atoms with Crippen LogP contribution >= 0.6 is 0 Å². The molecule has 0 fully saturated rings. The van der Waals surface area contributed by atoms with Crippen LogP contribution in [0.4, 0.5) is 0 Å². The highest BCUT2D eigenvalue weighted by molar-refractivity contribution is 5.95.